The summed E-state index contributed by atoms with van der Waals surface area (Å²) in [6.07, 6.45) is 3.33. The minimum Gasteiger partial charge on any atom is -0.354 e. The maximum Gasteiger partial charge on any atom is 0.238 e. The van der Waals surface area contributed by atoms with Crippen LogP contribution >= 0.6 is 0 Å². The number of anilines is 2. The molecule has 144 valence electrons. The Hall–Kier alpha value is -3.06. The summed E-state index contributed by atoms with van der Waals surface area (Å²) in [4.78, 5) is 30.1. The van der Waals surface area contributed by atoms with E-state index in [1.807, 2.05) is 44.2 Å². The van der Waals surface area contributed by atoms with Gasteiger partial charge in [-0.2, -0.15) is 0 Å². The van der Waals surface area contributed by atoms with Gasteiger partial charge in [0.25, 0.3) is 0 Å². The predicted octanol–water partition coefficient (Wildman–Crippen LogP) is 2.40. The first-order valence-corrected chi connectivity index (χ1v) is 9.51. The van der Waals surface area contributed by atoms with Gasteiger partial charge in [-0.15, -0.1) is 0 Å². The number of piperazine rings is 1. The number of aryl methyl sites for hydroxylation is 2. The fourth-order valence-corrected chi connectivity index (χ4v) is 3.55. The number of hydrogen-bond acceptors (Lipinski definition) is 6. The molecule has 1 aliphatic heterocycles. The third kappa shape index (κ3) is 3.94. The molecule has 0 aliphatic carbocycles. The number of benzene rings is 1. The molecule has 1 fully saturated rings. The molecule has 28 heavy (non-hydrogen) atoms. The number of amides is 1. The highest BCUT2D eigenvalue weighted by atomic mass is 16.2. The van der Waals surface area contributed by atoms with Crippen LogP contribution in [0.3, 0.4) is 0 Å². The van der Waals surface area contributed by atoms with Crippen LogP contribution in [0.2, 0.25) is 0 Å². The topological polar surface area (TPSA) is 74.2 Å². The van der Waals surface area contributed by atoms with Crippen LogP contribution in [0, 0.1) is 13.8 Å². The monoisotopic (exact) mass is 376 g/mol. The summed E-state index contributed by atoms with van der Waals surface area (Å²) in [6, 6.07) is 9.98. The smallest absolute Gasteiger partial charge is 0.238 e. The Bertz CT molecular complexity index is 977. The van der Waals surface area contributed by atoms with Gasteiger partial charge in [0.2, 0.25) is 5.91 Å². The lowest BCUT2D eigenvalue weighted by Crippen LogP contribution is -2.49. The number of rotatable bonds is 4. The van der Waals surface area contributed by atoms with Crippen LogP contribution in [-0.2, 0) is 4.79 Å². The number of fused-ring (bicyclic) bond motifs is 1. The fraction of sp³-hybridized carbons (Fsp3) is 0.333. The third-order valence-corrected chi connectivity index (χ3v) is 5.13. The average molecular weight is 376 g/mol. The molecule has 3 aromatic rings. The first-order chi connectivity index (χ1) is 13.6. The van der Waals surface area contributed by atoms with Crippen molar-refractivity contribution in [3.8, 4) is 0 Å². The molecule has 4 rings (SSSR count). The van der Waals surface area contributed by atoms with E-state index >= 15 is 0 Å². The van der Waals surface area contributed by atoms with Gasteiger partial charge in [-0.25, -0.2) is 9.97 Å². The molecule has 1 aliphatic rings. The van der Waals surface area contributed by atoms with Gasteiger partial charge in [-0.05, 0) is 37.1 Å². The maximum absolute atomic E-state index is 12.5. The molecular weight excluding hydrogens is 352 g/mol. The number of nitrogens with one attached hydrogen (secondary N) is 1. The summed E-state index contributed by atoms with van der Waals surface area (Å²) in [6.45, 7) is 7.73. The maximum atomic E-state index is 12.5. The summed E-state index contributed by atoms with van der Waals surface area (Å²) in [5, 5.41) is 3.07. The van der Waals surface area contributed by atoms with E-state index < -0.39 is 0 Å². The molecule has 7 nitrogen and oxygen atoms in total. The molecule has 0 spiro atoms. The van der Waals surface area contributed by atoms with E-state index in [-0.39, 0.29) is 5.91 Å². The van der Waals surface area contributed by atoms with Crippen molar-refractivity contribution in [2.75, 3.05) is 42.9 Å². The highest BCUT2D eigenvalue weighted by Gasteiger charge is 2.20. The molecule has 2 aromatic heterocycles. The summed E-state index contributed by atoms with van der Waals surface area (Å²) in [5.41, 5.74) is 4.56. The fourth-order valence-electron chi connectivity index (χ4n) is 3.55. The van der Waals surface area contributed by atoms with Crippen LogP contribution in [0.4, 0.5) is 11.5 Å². The molecule has 0 bridgehead atoms. The third-order valence-electron chi connectivity index (χ3n) is 5.13. The predicted molar refractivity (Wildman–Crippen MR) is 111 cm³/mol. The van der Waals surface area contributed by atoms with Crippen LogP contribution in [0.25, 0.3) is 11.2 Å². The standard InChI is InChI=1S/C21H24N6O/c1-15-4-3-5-16(2)20(15)25-19(28)14-26-10-12-27(13-11-26)18-7-6-17-21(24-18)23-9-8-22-17/h3-9H,10-14H2,1-2H3,(H,25,28). The summed E-state index contributed by atoms with van der Waals surface area (Å²) in [5.74, 6) is 0.942. The van der Waals surface area contributed by atoms with E-state index in [4.69, 9.17) is 0 Å². The molecule has 0 saturated carbocycles. The molecular formula is C21H24N6O. The van der Waals surface area contributed by atoms with Gasteiger partial charge in [0.1, 0.15) is 11.3 Å². The SMILES string of the molecule is Cc1cccc(C)c1NC(=O)CN1CCN(c2ccc3nccnc3n2)CC1. The van der Waals surface area contributed by atoms with E-state index in [1.165, 1.54) is 0 Å². The van der Waals surface area contributed by atoms with Gasteiger partial charge in [0.05, 0.1) is 6.54 Å². The summed E-state index contributed by atoms with van der Waals surface area (Å²) >= 11 is 0. The Morgan fingerprint density at radius 1 is 1.00 bits per heavy atom. The van der Waals surface area contributed by atoms with Crippen LogP contribution in [0.5, 0.6) is 0 Å². The normalized spacial score (nSPS) is 15.0. The van der Waals surface area contributed by atoms with Crippen molar-refractivity contribution in [2.45, 2.75) is 13.8 Å². The van der Waals surface area contributed by atoms with Crippen LogP contribution in [-0.4, -0.2) is 58.5 Å². The van der Waals surface area contributed by atoms with Crippen molar-refractivity contribution < 1.29 is 4.79 Å². The van der Waals surface area contributed by atoms with Crippen molar-refractivity contribution >= 4 is 28.6 Å². The zero-order valence-electron chi connectivity index (χ0n) is 16.2. The number of pyridine rings is 1. The lowest BCUT2D eigenvalue weighted by molar-refractivity contribution is -0.117. The van der Waals surface area contributed by atoms with E-state index in [9.17, 15) is 4.79 Å². The molecule has 3 heterocycles. The zero-order valence-corrected chi connectivity index (χ0v) is 16.2. The number of hydrogen-bond donors (Lipinski definition) is 1. The lowest BCUT2D eigenvalue weighted by atomic mass is 10.1. The van der Waals surface area contributed by atoms with Gasteiger partial charge in [0, 0.05) is 44.3 Å². The van der Waals surface area contributed by atoms with Crippen LogP contribution in [0.1, 0.15) is 11.1 Å². The van der Waals surface area contributed by atoms with Crippen molar-refractivity contribution in [3.63, 3.8) is 0 Å². The summed E-state index contributed by atoms with van der Waals surface area (Å²) < 4.78 is 0. The Morgan fingerprint density at radius 3 is 2.46 bits per heavy atom. The minimum absolute atomic E-state index is 0.0324. The van der Waals surface area contributed by atoms with Gasteiger partial charge in [-0.3, -0.25) is 14.7 Å². The number of aromatic nitrogens is 3. The average Bonchev–Trinajstić information content (AvgIpc) is 2.71. The number of carbonyl (C=O) groups is 1. The highest BCUT2D eigenvalue weighted by Crippen LogP contribution is 2.20. The Morgan fingerprint density at radius 2 is 1.71 bits per heavy atom. The zero-order chi connectivity index (χ0) is 19.5. The minimum atomic E-state index is 0.0324. The van der Waals surface area contributed by atoms with Gasteiger partial charge < -0.3 is 10.2 Å². The second-order valence-corrected chi connectivity index (χ2v) is 7.15. The van der Waals surface area contributed by atoms with Crippen molar-refractivity contribution in [1.29, 1.82) is 0 Å². The number of carbonyl (C=O) groups excluding carboxylic acids is 1. The van der Waals surface area contributed by atoms with Gasteiger partial charge in [-0.1, -0.05) is 18.2 Å². The van der Waals surface area contributed by atoms with Crippen LogP contribution in [0.15, 0.2) is 42.7 Å². The first kappa shape index (κ1) is 18.3. The van der Waals surface area contributed by atoms with E-state index in [2.05, 4.69) is 30.1 Å². The van der Waals surface area contributed by atoms with Crippen molar-refractivity contribution in [3.05, 3.63) is 53.9 Å². The number of para-hydroxylation sites is 1. The van der Waals surface area contributed by atoms with Gasteiger partial charge >= 0.3 is 0 Å². The second kappa shape index (κ2) is 7.90. The van der Waals surface area contributed by atoms with E-state index in [0.29, 0.717) is 12.2 Å². The molecule has 1 N–H and O–H groups in total. The summed E-state index contributed by atoms with van der Waals surface area (Å²) in [7, 11) is 0. The molecule has 7 heteroatoms. The second-order valence-electron chi connectivity index (χ2n) is 7.15. The molecule has 0 atom stereocenters. The largest absolute Gasteiger partial charge is 0.354 e. The first-order valence-electron chi connectivity index (χ1n) is 9.51. The Labute approximate surface area is 164 Å². The lowest BCUT2D eigenvalue weighted by Gasteiger charge is -2.35. The Kier molecular flexibility index (Phi) is 5.16. The van der Waals surface area contributed by atoms with E-state index in [0.717, 1.165) is 54.3 Å². The molecule has 1 aromatic carbocycles. The Balaban J connectivity index is 1.34. The highest BCUT2D eigenvalue weighted by molar-refractivity contribution is 5.93. The van der Waals surface area contributed by atoms with Crippen molar-refractivity contribution in [2.24, 2.45) is 0 Å². The quantitative estimate of drug-likeness (QED) is 0.754. The molecule has 1 saturated heterocycles. The van der Waals surface area contributed by atoms with Crippen molar-refractivity contribution in [1.82, 2.24) is 19.9 Å². The number of nitrogens with zero attached hydrogens (tertiary/aromatic N) is 5. The van der Waals surface area contributed by atoms with Gasteiger partial charge in [0.15, 0.2) is 5.65 Å². The van der Waals surface area contributed by atoms with Crippen LogP contribution < -0.4 is 10.2 Å². The van der Waals surface area contributed by atoms with E-state index in [1.54, 1.807) is 12.4 Å². The molecule has 0 unspecified atom stereocenters. The molecule has 1 amide bonds. The molecule has 0 radical (unpaired) electrons.